The Morgan fingerprint density at radius 3 is 2.35 bits per heavy atom. The van der Waals surface area contributed by atoms with E-state index < -0.39 is 5.97 Å². The third-order valence-electron chi connectivity index (χ3n) is 2.54. The van der Waals surface area contributed by atoms with Crippen molar-refractivity contribution in [2.75, 3.05) is 18.9 Å². The fraction of sp³-hybridized carbons (Fsp3) is 0.429. The molecule has 0 aromatic heterocycles. The van der Waals surface area contributed by atoms with Crippen LogP contribution in [0, 0.1) is 5.41 Å². The van der Waals surface area contributed by atoms with Gasteiger partial charge >= 0.3 is 12.0 Å². The van der Waals surface area contributed by atoms with Gasteiger partial charge in [0, 0.05) is 13.6 Å². The lowest BCUT2D eigenvalue weighted by atomic mass is 9.96. The molecule has 1 aromatic rings. The van der Waals surface area contributed by atoms with Crippen LogP contribution < -0.4 is 5.32 Å². The highest BCUT2D eigenvalue weighted by Gasteiger charge is 2.18. The van der Waals surface area contributed by atoms with Crippen molar-refractivity contribution in [3.63, 3.8) is 0 Å². The summed E-state index contributed by atoms with van der Waals surface area (Å²) in [7, 11) is 1.66. The minimum atomic E-state index is -1.14. The van der Waals surface area contributed by atoms with Gasteiger partial charge in [0.15, 0.2) is 0 Å². The molecule has 2 amide bonds. The number of anilines is 1. The lowest BCUT2D eigenvalue weighted by Gasteiger charge is -2.26. The standard InChI is InChI=1S/C14H20N2O4/c1-14(2,3)8-16(4)13(20)15-10-6-5-9(12(18)19)7-11(10)17/h5-7,17H,8H2,1-4H3,(H,15,20)(H,18,19). The number of aromatic hydroxyl groups is 1. The molecule has 0 saturated heterocycles. The molecule has 0 heterocycles. The Bertz CT molecular complexity index is 520. The first kappa shape index (κ1) is 15.8. The second-order valence-electron chi connectivity index (χ2n) is 5.88. The van der Waals surface area contributed by atoms with E-state index in [4.69, 9.17) is 5.11 Å². The number of nitrogens with zero attached hydrogens (tertiary/aromatic N) is 1. The molecule has 0 aliphatic carbocycles. The highest BCUT2D eigenvalue weighted by Crippen LogP contribution is 2.25. The van der Waals surface area contributed by atoms with Crippen molar-refractivity contribution < 1.29 is 19.8 Å². The number of urea groups is 1. The molecule has 0 unspecified atom stereocenters. The SMILES string of the molecule is CN(CC(C)(C)C)C(=O)Nc1ccc(C(=O)O)cc1O. The van der Waals surface area contributed by atoms with Crippen molar-refractivity contribution in [3.8, 4) is 5.75 Å². The number of nitrogens with one attached hydrogen (secondary N) is 1. The summed E-state index contributed by atoms with van der Waals surface area (Å²) >= 11 is 0. The quantitative estimate of drug-likeness (QED) is 0.742. The number of hydrogen-bond acceptors (Lipinski definition) is 3. The van der Waals surface area contributed by atoms with Gasteiger partial charge in [-0.3, -0.25) is 0 Å². The van der Waals surface area contributed by atoms with Crippen LogP contribution in [0.15, 0.2) is 18.2 Å². The number of carbonyl (C=O) groups excluding carboxylic acids is 1. The van der Waals surface area contributed by atoms with Gasteiger partial charge in [-0.1, -0.05) is 20.8 Å². The van der Waals surface area contributed by atoms with Crippen LogP contribution in [0.3, 0.4) is 0 Å². The third kappa shape index (κ3) is 4.46. The second-order valence-corrected chi connectivity index (χ2v) is 5.88. The van der Waals surface area contributed by atoms with Crippen LogP contribution in [-0.2, 0) is 0 Å². The molecule has 0 fully saturated rings. The fourth-order valence-corrected chi connectivity index (χ4v) is 1.76. The molecular weight excluding hydrogens is 260 g/mol. The molecular formula is C14H20N2O4. The zero-order valence-corrected chi connectivity index (χ0v) is 12.1. The highest BCUT2D eigenvalue weighted by atomic mass is 16.4. The Labute approximate surface area is 118 Å². The molecule has 3 N–H and O–H groups in total. The number of benzene rings is 1. The minimum absolute atomic E-state index is 0.0384. The number of aromatic carboxylic acids is 1. The van der Waals surface area contributed by atoms with Crippen LogP contribution in [0.25, 0.3) is 0 Å². The van der Waals surface area contributed by atoms with E-state index in [1.54, 1.807) is 7.05 Å². The Morgan fingerprint density at radius 1 is 1.30 bits per heavy atom. The molecule has 0 aliphatic rings. The third-order valence-corrected chi connectivity index (χ3v) is 2.54. The normalized spacial score (nSPS) is 11.0. The van der Waals surface area contributed by atoms with E-state index in [0.29, 0.717) is 6.54 Å². The Morgan fingerprint density at radius 2 is 1.90 bits per heavy atom. The summed E-state index contributed by atoms with van der Waals surface area (Å²) in [5.41, 5.74) is 0.102. The van der Waals surface area contributed by atoms with Gasteiger partial charge in [0.1, 0.15) is 5.75 Å². The van der Waals surface area contributed by atoms with Gasteiger partial charge in [0.25, 0.3) is 0 Å². The van der Waals surface area contributed by atoms with Crippen LogP contribution in [0.5, 0.6) is 5.75 Å². The molecule has 0 saturated carbocycles. The summed E-state index contributed by atoms with van der Waals surface area (Å²) in [6, 6.07) is 3.42. The number of carboxylic acid groups (broad SMARTS) is 1. The maximum atomic E-state index is 11.9. The van der Waals surface area contributed by atoms with Crippen molar-refractivity contribution in [2.24, 2.45) is 5.41 Å². The van der Waals surface area contributed by atoms with Gasteiger partial charge in [-0.25, -0.2) is 9.59 Å². The van der Waals surface area contributed by atoms with E-state index >= 15 is 0 Å². The van der Waals surface area contributed by atoms with Gasteiger partial charge in [0.05, 0.1) is 11.3 Å². The molecule has 0 atom stereocenters. The number of phenolic OH excluding ortho intramolecular Hbond substituents is 1. The molecule has 0 radical (unpaired) electrons. The highest BCUT2D eigenvalue weighted by molar-refractivity contribution is 5.93. The average Bonchev–Trinajstić information content (AvgIpc) is 2.29. The number of phenols is 1. The summed E-state index contributed by atoms with van der Waals surface area (Å²) in [6.45, 7) is 6.58. The first-order chi connectivity index (χ1) is 9.10. The molecule has 0 bridgehead atoms. The second kappa shape index (κ2) is 5.81. The van der Waals surface area contributed by atoms with Gasteiger partial charge in [-0.2, -0.15) is 0 Å². The summed E-state index contributed by atoms with van der Waals surface area (Å²) in [4.78, 5) is 24.2. The Balaban J connectivity index is 2.78. The van der Waals surface area contributed by atoms with Crippen molar-refractivity contribution in [2.45, 2.75) is 20.8 Å². The Hall–Kier alpha value is -2.24. The van der Waals surface area contributed by atoms with E-state index in [1.165, 1.54) is 17.0 Å². The van der Waals surface area contributed by atoms with E-state index in [1.807, 2.05) is 20.8 Å². The van der Waals surface area contributed by atoms with Crippen LogP contribution in [0.2, 0.25) is 0 Å². The van der Waals surface area contributed by atoms with Gasteiger partial charge < -0.3 is 20.4 Å². The number of amides is 2. The predicted octanol–water partition coefficient (Wildman–Crippen LogP) is 2.60. The fourth-order valence-electron chi connectivity index (χ4n) is 1.76. The van der Waals surface area contributed by atoms with Crippen LogP contribution >= 0.6 is 0 Å². The van der Waals surface area contributed by atoms with Crippen molar-refractivity contribution in [3.05, 3.63) is 23.8 Å². The summed E-state index contributed by atoms with van der Waals surface area (Å²) in [6.07, 6.45) is 0. The molecule has 0 aliphatic heterocycles. The maximum absolute atomic E-state index is 11.9. The summed E-state index contributed by atoms with van der Waals surface area (Å²) < 4.78 is 0. The van der Waals surface area contributed by atoms with E-state index in [0.717, 1.165) is 6.07 Å². The van der Waals surface area contributed by atoms with Gasteiger partial charge in [-0.05, 0) is 23.6 Å². The van der Waals surface area contributed by atoms with Crippen LogP contribution in [0.4, 0.5) is 10.5 Å². The smallest absolute Gasteiger partial charge is 0.335 e. The monoisotopic (exact) mass is 280 g/mol. The van der Waals surface area contributed by atoms with Crippen molar-refractivity contribution >= 4 is 17.7 Å². The zero-order valence-electron chi connectivity index (χ0n) is 12.1. The first-order valence-electron chi connectivity index (χ1n) is 6.18. The molecule has 20 heavy (non-hydrogen) atoms. The maximum Gasteiger partial charge on any atom is 0.335 e. The summed E-state index contributed by atoms with van der Waals surface area (Å²) in [5, 5.41) is 21.0. The largest absolute Gasteiger partial charge is 0.506 e. The minimum Gasteiger partial charge on any atom is -0.506 e. The molecule has 1 rings (SSSR count). The molecule has 6 heteroatoms. The predicted molar refractivity (Wildman–Crippen MR) is 76.2 cm³/mol. The molecule has 6 nitrogen and oxygen atoms in total. The lowest BCUT2D eigenvalue weighted by molar-refractivity contribution is 0.0696. The molecule has 0 spiro atoms. The number of rotatable bonds is 3. The molecule has 1 aromatic carbocycles. The average molecular weight is 280 g/mol. The van der Waals surface area contributed by atoms with Crippen LogP contribution in [0.1, 0.15) is 31.1 Å². The topological polar surface area (TPSA) is 89.9 Å². The van der Waals surface area contributed by atoms with Gasteiger partial charge in [-0.15, -0.1) is 0 Å². The zero-order chi connectivity index (χ0) is 15.5. The number of hydrogen-bond donors (Lipinski definition) is 3. The van der Waals surface area contributed by atoms with Crippen LogP contribution in [-0.4, -0.2) is 40.7 Å². The lowest BCUT2D eigenvalue weighted by Crippen LogP contribution is -2.37. The number of carbonyl (C=O) groups is 2. The van der Waals surface area contributed by atoms with E-state index in [-0.39, 0.29) is 28.4 Å². The van der Waals surface area contributed by atoms with Gasteiger partial charge in [0.2, 0.25) is 0 Å². The molecule has 110 valence electrons. The van der Waals surface area contributed by atoms with Crippen molar-refractivity contribution in [1.29, 1.82) is 0 Å². The van der Waals surface area contributed by atoms with E-state index in [9.17, 15) is 14.7 Å². The summed E-state index contributed by atoms with van der Waals surface area (Å²) in [5.74, 6) is -1.41. The first-order valence-corrected chi connectivity index (χ1v) is 6.18. The van der Waals surface area contributed by atoms with Crippen molar-refractivity contribution in [1.82, 2.24) is 4.90 Å². The van der Waals surface area contributed by atoms with E-state index in [2.05, 4.69) is 5.32 Å². The Kier molecular flexibility index (Phi) is 4.60. The number of carboxylic acids is 1.